The Morgan fingerprint density at radius 3 is 2.79 bits per heavy atom. The van der Waals surface area contributed by atoms with Gasteiger partial charge in [-0.05, 0) is 41.1 Å². The van der Waals surface area contributed by atoms with Crippen molar-refractivity contribution in [1.29, 1.82) is 5.26 Å². The first-order chi connectivity index (χ1) is 13.4. The molecule has 3 aromatic rings. The van der Waals surface area contributed by atoms with Crippen molar-refractivity contribution in [2.75, 3.05) is 0 Å². The highest BCUT2D eigenvalue weighted by Gasteiger charge is 2.16. The molecule has 0 amide bonds. The second-order valence-corrected chi connectivity index (χ2v) is 6.47. The number of benzene rings is 1. The number of halogens is 3. The Bertz CT molecular complexity index is 1140. The van der Waals surface area contributed by atoms with Crippen LogP contribution in [0, 0.1) is 29.9 Å². The Kier molecular flexibility index (Phi) is 5.75. The van der Waals surface area contributed by atoms with E-state index in [1.54, 1.807) is 13.0 Å². The van der Waals surface area contributed by atoms with Crippen molar-refractivity contribution in [3.63, 3.8) is 0 Å². The number of aromatic nitrogens is 4. The molecule has 0 atom stereocenters. The van der Waals surface area contributed by atoms with Gasteiger partial charge in [0.05, 0.1) is 12.2 Å². The Morgan fingerprint density at radius 2 is 2.07 bits per heavy atom. The standard InChI is InChI=1S/C18H12BrF2N5O2/c1-10-24-17(28-9-11-2-3-12(20)6-14(11)21)16(19)18(27)26(10)8-13-4-5-23-15(7-22)25-13/h2-6H,8-9H2,1H3. The van der Waals surface area contributed by atoms with E-state index in [0.717, 1.165) is 12.1 Å². The average molecular weight is 448 g/mol. The third-order valence-electron chi connectivity index (χ3n) is 3.79. The quantitative estimate of drug-likeness (QED) is 0.596. The van der Waals surface area contributed by atoms with Gasteiger partial charge in [-0.3, -0.25) is 9.36 Å². The third-order valence-corrected chi connectivity index (χ3v) is 4.47. The minimum absolute atomic E-state index is 0.00324. The zero-order valence-electron chi connectivity index (χ0n) is 14.5. The van der Waals surface area contributed by atoms with Crippen LogP contribution in [0.5, 0.6) is 5.88 Å². The van der Waals surface area contributed by atoms with Crippen LogP contribution in [-0.4, -0.2) is 19.5 Å². The summed E-state index contributed by atoms with van der Waals surface area (Å²) < 4.78 is 33.5. The number of hydrogen-bond acceptors (Lipinski definition) is 6. The lowest BCUT2D eigenvalue weighted by Crippen LogP contribution is -2.26. The monoisotopic (exact) mass is 447 g/mol. The summed E-state index contributed by atoms with van der Waals surface area (Å²) in [6, 6.07) is 6.55. The Hall–Kier alpha value is -3.19. The van der Waals surface area contributed by atoms with Gasteiger partial charge in [0.25, 0.3) is 5.56 Å². The molecule has 0 N–H and O–H groups in total. The molecule has 28 heavy (non-hydrogen) atoms. The molecule has 1 aromatic carbocycles. The van der Waals surface area contributed by atoms with Crippen molar-refractivity contribution in [3.05, 3.63) is 79.8 Å². The molecule has 0 bridgehead atoms. The summed E-state index contributed by atoms with van der Waals surface area (Å²) >= 11 is 3.15. The summed E-state index contributed by atoms with van der Waals surface area (Å²) in [6.45, 7) is 1.46. The van der Waals surface area contributed by atoms with E-state index < -0.39 is 17.2 Å². The van der Waals surface area contributed by atoms with Crippen LogP contribution in [0.15, 0.2) is 39.7 Å². The number of nitrogens with zero attached hydrogens (tertiary/aromatic N) is 5. The fourth-order valence-electron chi connectivity index (χ4n) is 2.38. The molecular weight excluding hydrogens is 436 g/mol. The van der Waals surface area contributed by atoms with E-state index in [0.29, 0.717) is 11.5 Å². The highest BCUT2D eigenvalue weighted by Crippen LogP contribution is 2.21. The van der Waals surface area contributed by atoms with Gasteiger partial charge in [0, 0.05) is 17.8 Å². The van der Waals surface area contributed by atoms with Crippen LogP contribution in [0.1, 0.15) is 22.9 Å². The molecule has 2 heterocycles. The Balaban J connectivity index is 1.85. The molecule has 0 unspecified atom stereocenters. The van der Waals surface area contributed by atoms with Crippen molar-refractivity contribution in [2.45, 2.75) is 20.1 Å². The van der Waals surface area contributed by atoms with Gasteiger partial charge in [-0.1, -0.05) is 0 Å². The van der Waals surface area contributed by atoms with Crippen molar-refractivity contribution >= 4 is 15.9 Å². The van der Waals surface area contributed by atoms with E-state index in [9.17, 15) is 13.6 Å². The Morgan fingerprint density at radius 1 is 1.29 bits per heavy atom. The first kappa shape index (κ1) is 19.6. The smallest absolute Gasteiger partial charge is 0.272 e. The minimum atomic E-state index is -0.752. The maximum Gasteiger partial charge on any atom is 0.272 e. The number of nitriles is 1. The topological polar surface area (TPSA) is 93.7 Å². The fourth-order valence-corrected chi connectivity index (χ4v) is 2.80. The molecule has 7 nitrogen and oxygen atoms in total. The number of aryl methyl sites for hydroxylation is 1. The molecule has 0 saturated heterocycles. The summed E-state index contributed by atoms with van der Waals surface area (Å²) in [4.78, 5) is 24.7. The van der Waals surface area contributed by atoms with Crippen LogP contribution >= 0.6 is 15.9 Å². The fraction of sp³-hybridized carbons (Fsp3) is 0.167. The maximum atomic E-state index is 13.7. The van der Waals surface area contributed by atoms with Gasteiger partial charge in [-0.25, -0.2) is 18.7 Å². The molecule has 0 fully saturated rings. The van der Waals surface area contributed by atoms with Gasteiger partial charge in [0.2, 0.25) is 11.7 Å². The first-order valence-electron chi connectivity index (χ1n) is 7.94. The van der Waals surface area contributed by atoms with Gasteiger partial charge in [-0.15, -0.1) is 0 Å². The number of ether oxygens (including phenoxy) is 1. The summed E-state index contributed by atoms with van der Waals surface area (Å²) in [6.07, 6.45) is 1.43. The highest BCUT2D eigenvalue weighted by molar-refractivity contribution is 9.10. The van der Waals surface area contributed by atoms with Crippen molar-refractivity contribution in [3.8, 4) is 11.9 Å². The lowest BCUT2D eigenvalue weighted by atomic mass is 10.2. The second-order valence-electron chi connectivity index (χ2n) is 5.68. The van der Waals surface area contributed by atoms with Gasteiger partial charge >= 0.3 is 0 Å². The van der Waals surface area contributed by atoms with E-state index in [4.69, 9.17) is 10.00 Å². The largest absolute Gasteiger partial charge is 0.472 e. The molecule has 10 heteroatoms. The first-order valence-corrected chi connectivity index (χ1v) is 8.74. The van der Waals surface area contributed by atoms with Crippen molar-refractivity contribution < 1.29 is 13.5 Å². The predicted octanol–water partition coefficient (Wildman–Crippen LogP) is 2.88. The van der Waals surface area contributed by atoms with Gasteiger partial charge in [0.15, 0.2) is 0 Å². The lowest BCUT2D eigenvalue weighted by molar-refractivity contribution is 0.282. The predicted molar refractivity (Wildman–Crippen MR) is 97.5 cm³/mol. The summed E-state index contributed by atoms with van der Waals surface area (Å²) in [5.74, 6) is -1.12. The van der Waals surface area contributed by atoms with Gasteiger partial charge in [0.1, 0.15) is 34.6 Å². The summed E-state index contributed by atoms with van der Waals surface area (Å²) in [5.41, 5.74) is 0.161. The van der Waals surface area contributed by atoms with E-state index in [-0.39, 0.29) is 34.9 Å². The molecule has 142 valence electrons. The lowest BCUT2D eigenvalue weighted by Gasteiger charge is -2.13. The third kappa shape index (κ3) is 4.20. The van der Waals surface area contributed by atoms with E-state index >= 15 is 0 Å². The SMILES string of the molecule is Cc1nc(OCc2ccc(F)cc2F)c(Br)c(=O)n1Cc1ccnc(C#N)n1. The van der Waals surface area contributed by atoms with E-state index in [1.165, 1.54) is 16.8 Å². The zero-order chi connectivity index (χ0) is 20.3. The molecule has 0 aliphatic rings. The molecule has 0 radical (unpaired) electrons. The van der Waals surface area contributed by atoms with Crippen LogP contribution in [0.3, 0.4) is 0 Å². The van der Waals surface area contributed by atoms with Crippen molar-refractivity contribution in [1.82, 2.24) is 19.5 Å². The number of rotatable bonds is 5. The van der Waals surface area contributed by atoms with Crippen LogP contribution in [0.2, 0.25) is 0 Å². The summed E-state index contributed by atoms with van der Waals surface area (Å²) in [5, 5.41) is 8.88. The van der Waals surface area contributed by atoms with E-state index in [1.807, 2.05) is 6.07 Å². The summed E-state index contributed by atoms with van der Waals surface area (Å²) in [7, 11) is 0. The molecule has 0 saturated carbocycles. The average Bonchev–Trinajstić information content (AvgIpc) is 2.68. The zero-order valence-corrected chi connectivity index (χ0v) is 16.1. The maximum absolute atomic E-state index is 13.7. The molecule has 3 rings (SSSR count). The van der Waals surface area contributed by atoms with Crippen LogP contribution in [0.4, 0.5) is 8.78 Å². The van der Waals surface area contributed by atoms with Crippen LogP contribution in [0.25, 0.3) is 0 Å². The molecule has 0 aliphatic heterocycles. The molecule has 0 spiro atoms. The Labute approximate surface area is 166 Å². The molecular formula is C18H12BrF2N5O2. The minimum Gasteiger partial charge on any atom is -0.472 e. The second kappa shape index (κ2) is 8.22. The van der Waals surface area contributed by atoms with Gasteiger partial charge < -0.3 is 4.74 Å². The van der Waals surface area contributed by atoms with Crippen LogP contribution < -0.4 is 10.3 Å². The molecule has 2 aromatic heterocycles. The van der Waals surface area contributed by atoms with E-state index in [2.05, 4.69) is 30.9 Å². The van der Waals surface area contributed by atoms with Crippen LogP contribution in [-0.2, 0) is 13.2 Å². The van der Waals surface area contributed by atoms with Crippen molar-refractivity contribution in [2.24, 2.45) is 0 Å². The highest BCUT2D eigenvalue weighted by atomic mass is 79.9. The normalized spacial score (nSPS) is 10.5. The number of hydrogen-bond donors (Lipinski definition) is 0. The molecule has 0 aliphatic carbocycles. The van der Waals surface area contributed by atoms with Gasteiger partial charge in [-0.2, -0.15) is 10.2 Å².